The summed E-state index contributed by atoms with van der Waals surface area (Å²) in [6, 6.07) is 0. The summed E-state index contributed by atoms with van der Waals surface area (Å²) in [6.45, 7) is 7.74. The molecule has 0 fully saturated rings. The van der Waals surface area contributed by atoms with Crippen LogP contribution in [0.25, 0.3) is 0 Å². The summed E-state index contributed by atoms with van der Waals surface area (Å²) in [5.41, 5.74) is 0. The lowest BCUT2D eigenvalue weighted by Gasteiger charge is -2.38. The molecule has 4 nitrogen and oxygen atoms in total. The van der Waals surface area contributed by atoms with Crippen molar-refractivity contribution >= 4 is 11.3 Å². The first-order chi connectivity index (χ1) is 7.58. The zero-order valence-electron chi connectivity index (χ0n) is 10.4. The molecule has 0 saturated carbocycles. The number of nitrogens with zero attached hydrogens (tertiary/aromatic N) is 2. The highest BCUT2D eigenvalue weighted by Gasteiger charge is 2.40. The highest BCUT2D eigenvalue weighted by atomic mass is 32.2. The van der Waals surface area contributed by atoms with Gasteiger partial charge < -0.3 is 9.45 Å². The van der Waals surface area contributed by atoms with Crippen LogP contribution in [0, 0.1) is 0 Å². The molecule has 3 atom stereocenters. The number of unbranched alkanes of at least 4 members (excludes halogenated alkanes) is 1. The summed E-state index contributed by atoms with van der Waals surface area (Å²) >= 11 is -2.10. The average Bonchev–Trinajstić information content (AvgIpc) is 2.56. The number of rotatable bonds is 6. The van der Waals surface area contributed by atoms with Gasteiger partial charge >= 0.3 is 0 Å². The second-order valence-corrected chi connectivity index (χ2v) is 5.43. The smallest absolute Gasteiger partial charge is 0.177 e. The van der Waals surface area contributed by atoms with Crippen molar-refractivity contribution in [3.05, 3.63) is 12.4 Å². The largest absolute Gasteiger partial charge is 0.724 e. The Morgan fingerprint density at radius 3 is 2.62 bits per heavy atom. The van der Waals surface area contributed by atoms with Crippen molar-refractivity contribution < 1.29 is 12.6 Å². The maximum Gasteiger partial charge on any atom is 0.177 e. The van der Waals surface area contributed by atoms with Crippen LogP contribution in [0.15, 0.2) is 12.4 Å². The third kappa shape index (κ3) is 2.47. The molecule has 0 radical (unpaired) electrons. The number of hydrogen-bond donors (Lipinski definition) is 0. The summed E-state index contributed by atoms with van der Waals surface area (Å²) in [5.74, 6) is 0. The molecular weight excluding hydrogens is 224 g/mol. The van der Waals surface area contributed by atoms with Crippen LogP contribution in [-0.2, 0) is 11.3 Å². The molecule has 16 heavy (non-hydrogen) atoms. The highest BCUT2D eigenvalue weighted by molar-refractivity contribution is 7.73. The summed E-state index contributed by atoms with van der Waals surface area (Å²) in [6.07, 6.45) is 6.85. The van der Waals surface area contributed by atoms with E-state index in [1.165, 1.54) is 0 Å². The fourth-order valence-corrected chi connectivity index (χ4v) is 3.02. The van der Waals surface area contributed by atoms with Gasteiger partial charge in [0.05, 0.1) is 12.7 Å². The van der Waals surface area contributed by atoms with Crippen molar-refractivity contribution in [2.45, 2.75) is 46.2 Å². The number of hydrogen-bond acceptors (Lipinski definition) is 3. The molecule has 0 aromatic rings. The molecule has 0 spiro atoms. The first-order valence-corrected chi connectivity index (χ1v) is 7.04. The quantitative estimate of drug-likeness (QED) is 0.531. The molecule has 5 heteroatoms. The van der Waals surface area contributed by atoms with E-state index in [1.54, 1.807) is 0 Å². The normalized spacial score (nSPS) is 31.0. The van der Waals surface area contributed by atoms with E-state index in [0.717, 1.165) is 25.8 Å². The molecule has 1 aliphatic heterocycles. The van der Waals surface area contributed by atoms with Gasteiger partial charge in [0.2, 0.25) is 0 Å². The van der Waals surface area contributed by atoms with E-state index in [0.29, 0.717) is 6.54 Å². The van der Waals surface area contributed by atoms with Crippen molar-refractivity contribution in [2.75, 3.05) is 13.1 Å². The topological polar surface area (TPSA) is 43.4 Å². The SMILES string of the molecule is CCCCN1C=C[N+](CCC)(S(=O)[O-])C1C. The van der Waals surface area contributed by atoms with E-state index in [2.05, 4.69) is 11.8 Å². The van der Waals surface area contributed by atoms with Gasteiger partial charge in [-0.3, -0.25) is 0 Å². The van der Waals surface area contributed by atoms with Crippen molar-refractivity contribution in [2.24, 2.45) is 0 Å². The summed E-state index contributed by atoms with van der Waals surface area (Å²) < 4.78 is 22.9. The molecule has 0 saturated heterocycles. The first kappa shape index (κ1) is 13.7. The molecule has 0 bridgehead atoms. The van der Waals surface area contributed by atoms with Gasteiger partial charge in [-0.25, -0.2) is 8.10 Å². The minimum absolute atomic E-state index is 0.00448. The summed E-state index contributed by atoms with van der Waals surface area (Å²) in [7, 11) is 0. The van der Waals surface area contributed by atoms with Crippen molar-refractivity contribution in [3.8, 4) is 0 Å². The zero-order chi connectivity index (χ0) is 12.2. The van der Waals surface area contributed by atoms with Crippen LogP contribution >= 0.6 is 0 Å². The minimum Gasteiger partial charge on any atom is -0.724 e. The first-order valence-electron chi connectivity index (χ1n) is 6.01. The van der Waals surface area contributed by atoms with Crippen LogP contribution < -0.4 is 0 Å². The van der Waals surface area contributed by atoms with Crippen molar-refractivity contribution in [1.82, 2.24) is 4.90 Å². The van der Waals surface area contributed by atoms with E-state index < -0.39 is 11.3 Å². The lowest BCUT2D eigenvalue weighted by molar-refractivity contribution is -0.783. The van der Waals surface area contributed by atoms with E-state index in [4.69, 9.17) is 0 Å². The third-order valence-corrected chi connectivity index (χ3v) is 4.41. The molecule has 94 valence electrons. The van der Waals surface area contributed by atoms with Crippen LogP contribution in [0.4, 0.5) is 0 Å². The van der Waals surface area contributed by atoms with Crippen LogP contribution in [0.2, 0.25) is 0 Å². The Labute approximate surface area is 101 Å². The summed E-state index contributed by atoms with van der Waals surface area (Å²) in [5, 5.41) is 0. The molecule has 0 aromatic carbocycles. The van der Waals surface area contributed by atoms with Crippen LogP contribution in [0.1, 0.15) is 40.0 Å². The Hall–Kier alpha value is -0.390. The Kier molecular flexibility index (Phi) is 4.95. The molecule has 1 heterocycles. The van der Waals surface area contributed by atoms with Gasteiger partial charge in [-0.15, -0.1) is 0 Å². The highest BCUT2D eigenvalue weighted by Crippen LogP contribution is 2.28. The fraction of sp³-hybridized carbons (Fsp3) is 0.818. The molecule has 0 aromatic heterocycles. The van der Waals surface area contributed by atoms with Gasteiger partial charge in [-0.05, 0) is 12.8 Å². The maximum atomic E-state index is 11.4. The van der Waals surface area contributed by atoms with Crippen LogP contribution in [0.3, 0.4) is 0 Å². The molecule has 0 amide bonds. The molecule has 0 N–H and O–H groups in total. The zero-order valence-corrected chi connectivity index (χ0v) is 11.2. The predicted molar refractivity (Wildman–Crippen MR) is 64.6 cm³/mol. The Bertz CT molecular complexity index is 283. The van der Waals surface area contributed by atoms with Gasteiger partial charge in [0.15, 0.2) is 17.4 Å². The van der Waals surface area contributed by atoms with Gasteiger partial charge in [0.1, 0.15) is 6.20 Å². The number of quaternary nitrogens is 1. The maximum absolute atomic E-state index is 11.4. The molecule has 1 rings (SSSR count). The summed E-state index contributed by atoms with van der Waals surface area (Å²) in [4.78, 5) is 2.13. The van der Waals surface area contributed by atoms with Crippen LogP contribution in [-0.4, -0.2) is 36.8 Å². The standard InChI is InChI=1S/C11H22N2O2S/c1-4-6-7-12-8-10-13(9-5-2,11(12)3)16(14)15/h8,10-11H,4-7,9H2,1-3H3. The van der Waals surface area contributed by atoms with E-state index in [-0.39, 0.29) is 10.1 Å². The third-order valence-electron chi connectivity index (χ3n) is 3.24. The monoisotopic (exact) mass is 246 g/mol. The van der Waals surface area contributed by atoms with Gasteiger partial charge in [-0.1, -0.05) is 20.3 Å². The molecule has 3 unspecified atom stereocenters. The Balaban J connectivity index is 2.76. The van der Waals surface area contributed by atoms with Crippen molar-refractivity contribution in [1.29, 1.82) is 0 Å². The van der Waals surface area contributed by atoms with Gasteiger partial charge in [-0.2, -0.15) is 0 Å². The minimum atomic E-state index is -2.10. The average molecular weight is 246 g/mol. The van der Waals surface area contributed by atoms with E-state index >= 15 is 0 Å². The van der Waals surface area contributed by atoms with Crippen LogP contribution in [0.5, 0.6) is 0 Å². The Morgan fingerprint density at radius 1 is 1.44 bits per heavy atom. The fourth-order valence-electron chi connectivity index (χ4n) is 2.16. The van der Waals surface area contributed by atoms with Gasteiger partial charge in [0.25, 0.3) is 0 Å². The van der Waals surface area contributed by atoms with E-state index in [9.17, 15) is 8.76 Å². The second-order valence-electron chi connectivity index (χ2n) is 4.32. The molecule has 0 aliphatic carbocycles. The van der Waals surface area contributed by atoms with E-state index in [1.807, 2.05) is 26.2 Å². The molecular formula is C11H22N2O2S. The predicted octanol–water partition coefficient (Wildman–Crippen LogP) is 1.94. The Morgan fingerprint density at radius 2 is 2.12 bits per heavy atom. The van der Waals surface area contributed by atoms with Gasteiger partial charge in [0, 0.05) is 13.5 Å². The lowest BCUT2D eigenvalue weighted by Crippen LogP contribution is -2.53. The van der Waals surface area contributed by atoms with Crippen molar-refractivity contribution in [3.63, 3.8) is 0 Å². The lowest BCUT2D eigenvalue weighted by atomic mass is 10.3. The second kappa shape index (κ2) is 5.80. The molecule has 1 aliphatic rings.